The number of nitrogens with two attached hydrogens (primary N) is 1. The monoisotopic (exact) mass is 329 g/mol. The highest BCUT2D eigenvalue weighted by Crippen LogP contribution is 2.29. The van der Waals surface area contributed by atoms with E-state index in [4.69, 9.17) is 28.9 Å². The third kappa shape index (κ3) is 3.34. The first-order chi connectivity index (χ1) is 9.92. The van der Waals surface area contributed by atoms with E-state index in [0.29, 0.717) is 11.4 Å². The molecule has 5 nitrogen and oxygen atoms in total. The smallest absolute Gasteiger partial charge is 0.341 e. The van der Waals surface area contributed by atoms with Gasteiger partial charge < -0.3 is 15.8 Å². The number of aromatic nitrogens is 1. The predicted octanol–water partition coefficient (Wildman–Crippen LogP) is 3.64. The lowest BCUT2D eigenvalue weighted by Crippen LogP contribution is -2.08. The molecule has 0 fully saturated rings. The minimum absolute atomic E-state index is 0.133. The molecule has 0 saturated heterocycles. The molecule has 110 valence electrons. The summed E-state index contributed by atoms with van der Waals surface area (Å²) in [6.07, 6.45) is 1.36. The zero-order chi connectivity index (χ0) is 15.6. The Bertz CT molecular complexity index is 687. The van der Waals surface area contributed by atoms with Crippen LogP contribution in [0.2, 0.25) is 10.0 Å². The summed E-state index contributed by atoms with van der Waals surface area (Å²) in [5.74, 6) is -1.14. The van der Waals surface area contributed by atoms with E-state index in [2.05, 4.69) is 15.0 Å². The Morgan fingerprint density at radius 3 is 2.52 bits per heavy atom. The third-order valence-corrected chi connectivity index (χ3v) is 3.11. The number of ether oxygens (including phenoxy) is 1. The summed E-state index contributed by atoms with van der Waals surface area (Å²) in [6, 6.07) is 4.05. The van der Waals surface area contributed by atoms with Gasteiger partial charge in [-0.2, -0.15) is 0 Å². The molecule has 1 heterocycles. The minimum atomic E-state index is -0.720. The molecule has 0 aliphatic heterocycles. The average molecular weight is 330 g/mol. The number of benzene rings is 1. The van der Waals surface area contributed by atoms with Crippen molar-refractivity contribution in [2.45, 2.75) is 0 Å². The number of nitrogens with zero attached hydrogens (tertiary/aromatic N) is 1. The van der Waals surface area contributed by atoms with E-state index in [1.165, 1.54) is 31.5 Å². The van der Waals surface area contributed by atoms with Crippen LogP contribution in [-0.2, 0) is 4.74 Å². The number of rotatable bonds is 3. The molecule has 0 aliphatic carbocycles. The molecule has 1 aromatic carbocycles. The van der Waals surface area contributed by atoms with Crippen LogP contribution in [-0.4, -0.2) is 18.1 Å². The molecule has 0 saturated carbocycles. The molecule has 0 amide bonds. The van der Waals surface area contributed by atoms with Crippen LogP contribution in [0.4, 0.5) is 21.6 Å². The van der Waals surface area contributed by atoms with Gasteiger partial charge in [-0.25, -0.2) is 14.2 Å². The summed E-state index contributed by atoms with van der Waals surface area (Å²) >= 11 is 11.4. The quantitative estimate of drug-likeness (QED) is 0.664. The lowest BCUT2D eigenvalue weighted by Gasteiger charge is -2.11. The number of methoxy groups -OCH3 is 1. The molecular formula is C13H10Cl2FN3O2. The molecule has 0 radical (unpaired) electrons. The van der Waals surface area contributed by atoms with Gasteiger partial charge in [0.15, 0.2) is 5.82 Å². The minimum Gasteiger partial charge on any atom is -0.465 e. The van der Waals surface area contributed by atoms with E-state index in [1.807, 2.05) is 0 Å². The number of hydrogen-bond donors (Lipinski definition) is 2. The maximum absolute atomic E-state index is 13.4. The number of carbonyl (C=O) groups is 1. The van der Waals surface area contributed by atoms with Crippen molar-refractivity contribution < 1.29 is 13.9 Å². The topological polar surface area (TPSA) is 77.2 Å². The van der Waals surface area contributed by atoms with Crippen LogP contribution in [0.1, 0.15) is 10.4 Å². The fourth-order valence-electron chi connectivity index (χ4n) is 1.61. The molecule has 1 aromatic heterocycles. The Kier molecular flexibility index (Phi) is 4.50. The summed E-state index contributed by atoms with van der Waals surface area (Å²) in [7, 11) is 1.24. The number of halogens is 3. The number of carbonyl (C=O) groups excluding carboxylic acids is 1. The Morgan fingerprint density at radius 2 is 1.95 bits per heavy atom. The van der Waals surface area contributed by atoms with E-state index in [0.717, 1.165) is 0 Å². The first-order valence-corrected chi connectivity index (χ1v) is 6.43. The van der Waals surface area contributed by atoms with Crippen LogP contribution in [0.25, 0.3) is 0 Å². The van der Waals surface area contributed by atoms with E-state index < -0.39 is 11.8 Å². The molecule has 0 unspecified atom stereocenters. The molecule has 0 aliphatic rings. The lowest BCUT2D eigenvalue weighted by atomic mass is 10.2. The molecule has 0 bridgehead atoms. The molecule has 8 heteroatoms. The van der Waals surface area contributed by atoms with Crippen molar-refractivity contribution in [1.82, 2.24) is 4.98 Å². The first kappa shape index (κ1) is 15.3. The first-order valence-electron chi connectivity index (χ1n) is 5.67. The maximum atomic E-state index is 13.4. The zero-order valence-electron chi connectivity index (χ0n) is 10.8. The summed E-state index contributed by atoms with van der Waals surface area (Å²) in [5.41, 5.74) is 6.40. The fourth-order valence-corrected chi connectivity index (χ4v) is 2.10. The second kappa shape index (κ2) is 6.15. The molecule has 0 spiro atoms. The number of anilines is 3. The van der Waals surface area contributed by atoms with Crippen LogP contribution in [0.5, 0.6) is 0 Å². The Morgan fingerprint density at radius 1 is 1.33 bits per heavy atom. The highest BCUT2D eigenvalue weighted by atomic mass is 35.5. The van der Waals surface area contributed by atoms with Crippen molar-refractivity contribution in [3.8, 4) is 0 Å². The molecule has 3 N–H and O–H groups in total. The Labute approximate surface area is 129 Å². The van der Waals surface area contributed by atoms with Gasteiger partial charge in [-0.05, 0) is 18.2 Å². The van der Waals surface area contributed by atoms with Gasteiger partial charge in [0.25, 0.3) is 0 Å². The van der Waals surface area contributed by atoms with Crippen molar-refractivity contribution in [1.29, 1.82) is 0 Å². The van der Waals surface area contributed by atoms with Gasteiger partial charge in [0.05, 0.1) is 29.0 Å². The maximum Gasteiger partial charge on any atom is 0.341 e. The molecule has 2 aromatic rings. The zero-order valence-corrected chi connectivity index (χ0v) is 12.3. The summed E-state index contributed by atoms with van der Waals surface area (Å²) in [5, 5.41) is 2.52. The Hall–Kier alpha value is -2.05. The van der Waals surface area contributed by atoms with Crippen molar-refractivity contribution in [3.05, 3.63) is 45.8 Å². The molecule has 0 atom stereocenters. The van der Waals surface area contributed by atoms with Crippen LogP contribution in [0.15, 0.2) is 24.4 Å². The van der Waals surface area contributed by atoms with E-state index in [9.17, 15) is 9.18 Å². The Balaban J connectivity index is 2.42. The van der Waals surface area contributed by atoms with Crippen LogP contribution < -0.4 is 11.1 Å². The number of nitrogen functional groups attached to an aromatic ring is 1. The normalized spacial score (nSPS) is 10.3. The molecular weight excluding hydrogens is 320 g/mol. The van der Waals surface area contributed by atoms with Gasteiger partial charge in [-0.3, -0.25) is 0 Å². The number of nitrogens with one attached hydrogen (secondary N) is 1. The lowest BCUT2D eigenvalue weighted by molar-refractivity contribution is 0.0601. The van der Waals surface area contributed by atoms with Crippen molar-refractivity contribution in [2.24, 2.45) is 0 Å². The summed E-state index contributed by atoms with van der Waals surface area (Å²) in [6.45, 7) is 0. The van der Waals surface area contributed by atoms with Crippen LogP contribution in [0.3, 0.4) is 0 Å². The average Bonchev–Trinajstić information content (AvgIpc) is 2.45. The van der Waals surface area contributed by atoms with Gasteiger partial charge in [0.1, 0.15) is 11.4 Å². The van der Waals surface area contributed by atoms with Crippen molar-refractivity contribution in [2.75, 3.05) is 18.2 Å². The second-order valence-electron chi connectivity index (χ2n) is 4.04. The molecule has 21 heavy (non-hydrogen) atoms. The van der Waals surface area contributed by atoms with E-state index in [-0.39, 0.29) is 21.4 Å². The van der Waals surface area contributed by atoms with Gasteiger partial charge >= 0.3 is 5.97 Å². The standard InChI is InChI=1S/C13H10Cl2FN3O2/c1-21-13(20)8-2-6(17)5-18-12(8)19-7-3-9(14)11(16)10(15)4-7/h2-5H,17H2,1H3,(H,18,19). The highest BCUT2D eigenvalue weighted by molar-refractivity contribution is 6.35. The van der Waals surface area contributed by atoms with E-state index >= 15 is 0 Å². The summed E-state index contributed by atoms with van der Waals surface area (Å²) in [4.78, 5) is 15.7. The van der Waals surface area contributed by atoms with Crippen molar-refractivity contribution >= 4 is 46.4 Å². The van der Waals surface area contributed by atoms with Crippen LogP contribution in [0, 0.1) is 5.82 Å². The SMILES string of the molecule is COC(=O)c1cc(N)cnc1Nc1cc(Cl)c(F)c(Cl)c1. The van der Waals surface area contributed by atoms with Crippen LogP contribution >= 0.6 is 23.2 Å². The van der Waals surface area contributed by atoms with Gasteiger partial charge in [0.2, 0.25) is 0 Å². The van der Waals surface area contributed by atoms with E-state index in [1.54, 1.807) is 0 Å². The highest BCUT2D eigenvalue weighted by Gasteiger charge is 2.15. The molecule has 2 rings (SSSR count). The summed E-state index contributed by atoms with van der Waals surface area (Å²) < 4.78 is 18.0. The van der Waals surface area contributed by atoms with Gasteiger partial charge in [-0.15, -0.1) is 0 Å². The largest absolute Gasteiger partial charge is 0.465 e. The predicted molar refractivity (Wildman–Crippen MR) is 79.7 cm³/mol. The van der Waals surface area contributed by atoms with Gasteiger partial charge in [-0.1, -0.05) is 23.2 Å². The number of pyridine rings is 1. The second-order valence-corrected chi connectivity index (χ2v) is 4.85. The number of esters is 1. The number of hydrogen-bond acceptors (Lipinski definition) is 5. The third-order valence-electron chi connectivity index (χ3n) is 2.56. The van der Waals surface area contributed by atoms with Gasteiger partial charge in [0, 0.05) is 5.69 Å². The van der Waals surface area contributed by atoms with Crippen molar-refractivity contribution in [3.63, 3.8) is 0 Å². The fraction of sp³-hybridized carbons (Fsp3) is 0.0769.